The standard InChI is InChI=1S/C26H36N4O5S/c1-19-17-23(35-4)9-10-24(19)36(33,34)30(3)16-13-25(31)28-22-7-5-21(6-8-22)26(32)27-18-20-11-14-29(2)15-12-20/h5-10,17,20H,11-16,18H2,1-4H3,(H,27,32)(H,28,31). The van der Waals surface area contributed by atoms with Crippen molar-refractivity contribution < 1.29 is 22.7 Å². The highest BCUT2D eigenvalue weighted by Gasteiger charge is 2.23. The van der Waals surface area contributed by atoms with Crippen LogP contribution in [-0.2, 0) is 14.8 Å². The fourth-order valence-electron chi connectivity index (χ4n) is 4.12. The zero-order valence-electron chi connectivity index (χ0n) is 21.4. The first kappa shape index (κ1) is 27.6. The van der Waals surface area contributed by atoms with Crippen molar-refractivity contribution in [3.63, 3.8) is 0 Å². The maximum absolute atomic E-state index is 12.9. The molecule has 0 aliphatic carbocycles. The van der Waals surface area contributed by atoms with Crippen LogP contribution < -0.4 is 15.4 Å². The second-order valence-corrected chi connectivity index (χ2v) is 11.3. The minimum Gasteiger partial charge on any atom is -0.497 e. The van der Waals surface area contributed by atoms with Gasteiger partial charge in [0, 0.05) is 37.8 Å². The molecule has 0 aromatic heterocycles. The average Bonchev–Trinajstić information content (AvgIpc) is 2.86. The highest BCUT2D eigenvalue weighted by atomic mass is 32.2. The SMILES string of the molecule is COc1ccc(S(=O)(=O)N(C)CCC(=O)Nc2ccc(C(=O)NCC3CCN(C)CC3)cc2)c(C)c1. The summed E-state index contributed by atoms with van der Waals surface area (Å²) in [6.07, 6.45) is 2.15. The summed E-state index contributed by atoms with van der Waals surface area (Å²) >= 11 is 0. The van der Waals surface area contributed by atoms with Crippen LogP contribution in [0.4, 0.5) is 5.69 Å². The number of methoxy groups -OCH3 is 1. The molecule has 9 nitrogen and oxygen atoms in total. The van der Waals surface area contributed by atoms with Gasteiger partial charge in [-0.1, -0.05) is 0 Å². The maximum atomic E-state index is 12.9. The van der Waals surface area contributed by atoms with E-state index in [-0.39, 0.29) is 29.7 Å². The van der Waals surface area contributed by atoms with Gasteiger partial charge in [0.2, 0.25) is 15.9 Å². The number of hydrogen-bond donors (Lipinski definition) is 2. The molecule has 196 valence electrons. The van der Waals surface area contributed by atoms with Crippen molar-refractivity contribution in [2.75, 3.05) is 52.7 Å². The number of rotatable bonds is 10. The molecule has 0 atom stereocenters. The zero-order valence-corrected chi connectivity index (χ0v) is 22.2. The Labute approximate surface area is 213 Å². The normalized spacial score (nSPS) is 15.0. The molecule has 2 aromatic carbocycles. The molecular weight excluding hydrogens is 480 g/mol. The van der Waals surface area contributed by atoms with Crippen molar-refractivity contribution in [2.45, 2.75) is 31.1 Å². The molecule has 0 saturated carbocycles. The number of hydrogen-bond acceptors (Lipinski definition) is 6. The lowest BCUT2D eigenvalue weighted by Crippen LogP contribution is -2.36. The third-order valence-corrected chi connectivity index (χ3v) is 8.56. The van der Waals surface area contributed by atoms with Gasteiger partial charge in [-0.15, -0.1) is 0 Å². The van der Waals surface area contributed by atoms with Crippen molar-refractivity contribution in [3.8, 4) is 5.75 Å². The number of carbonyl (C=O) groups excluding carboxylic acids is 2. The van der Waals surface area contributed by atoms with Crippen LogP contribution in [0, 0.1) is 12.8 Å². The van der Waals surface area contributed by atoms with Crippen LogP contribution in [0.25, 0.3) is 0 Å². The van der Waals surface area contributed by atoms with Gasteiger partial charge in [-0.05, 0) is 93.8 Å². The van der Waals surface area contributed by atoms with Gasteiger partial charge in [0.05, 0.1) is 12.0 Å². The Hall–Kier alpha value is -2.95. The van der Waals surface area contributed by atoms with Crippen molar-refractivity contribution in [3.05, 3.63) is 53.6 Å². The first-order valence-corrected chi connectivity index (χ1v) is 13.5. The van der Waals surface area contributed by atoms with E-state index in [0.717, 1.165) is 25.9 Å². The molecule has 2 amide bonds. The van der Waals surface area contributed by atoms with Gasteiger partial charge in [0.25, 0.3) is 5.91 Å². The summed E-state index contributed by atoms with van der Waals surface area (Å²) in [5.74, 6) is 0.629. The number of nitrogens with zero attached hydrogens (tertiary/aromatic N) is 2. The van der Waals surface area contributed by atoms with Crippen molar-refractivity contribution in [1.29, 1.82) is 0 Å². The summed E-state index contributed by atoms with van der Waals surface area (Å²) in [6, 6.07) is 11.4. The summed E-state index contributed by atoms with van der Waals surface area (Å²) in [4.78, 5) is 27.3. The molecule has 0 spiro atoms. The number of piperidine rings is 1. The van der Waals surface area contributed by atoms with E-state index in [4.69, 9.17) is 4.74 Å². The Balaban J connectivity index is 1.47. The summed E-state index contributed by atoms with van der Waals surface area (Å²) in [5, 5.41) is 5.76. The summed E-state index contributed by atoms with van der Waals surface area (Å²) in [7, 11) is 1.34. The Morgan fingerprint density at radius 1 is 1.11 bits per heavy atom. The molecule has 0 bridgehead atoms. The van der Waals surface area contributed by atoms with Gasteiger partial charge in [-0.3, -0.25) is 9.59 Å². The van der Waals surface area contributed by atoms with Crippen LogP contribution in [-0.4, -0.2) is 76.8 Å². The molecule has 36 heavy (non-hydrogen) atoms. The lowest BCUT2D eigenvalue weighted by Gasteiger charge is -2.28. The lowest BCUT2D eigenvalue weighted by atomic mass is 9.97. The van der Waals surface area contributed by atoms with E-state index in [0.29, 0.717) is 35.0 Å². The molecule has 1 saturated heterocycles. The molecule has 1 aliphatic rings. The summed E-state index contributed by atoms with van der Waals surface area (Å²) in [6.45, 7) is 4.50. The van der Waals surface area contributed by atoms with Gasteiger partial charge < -0.3 is 20.3 Å². The minimum atomic E-state index is -3.74. The largest absolute Gasteiger partial charge is 0.497 e. The molecule has 2 aromatic rings. The Morgan fingerprint density at radius 3 is 2.39 bits per heavy atom. The molecule has 1 heterocycles. The number of anilines is 1. The summed E-state index contributed by atoms with van der Waals surface area (Å²) in [5.41, 5.74) is 1.64. The fraction of sp³-hybridized carbons (Fsp3) is 0.462. The van der Waals surface area contributed by atoms with Crippen molar-refractivity contribution in [1.82, 2.24) is 14.5 Å². The number of nitrogens with one attached hydrogen (secondary N) is 2. The first-order chi connectivity index (χ1) is 17.1. The fourth-order valence-corrected chi connectivity index (χ4v) is 5.49. The summed E-state index contributed by atoms with van der Waals surface area (Å²) < 4.78 is 32.1. The minimum absolute atomic E-state index is 0.0102. The molecular formula is C26H36N4O5S. The quantitative estimate of drug-likeness (QED) is 0.503. The van der Waals surface area contributed by atoms with Gasteiger partial charge in [-0.25, -0.2) is 12.7 Å². The molecule has 0 radical (unpaired) electrons. The second kappa shape index (κ2) is 12.3. The van der Waals surface area contributed by atoms with Gasteiger partial charge in [-0.2, -0.15) is 0 Å². The third kappa shape index (κ3) is 7.28. The molecule has 1 aliphatic heterocycles. The van der Waals surface area contributed by atoms with Crippen LogP contribution in [0.2, 0.25) is 0 Å². The highest BCUT2D eigenvalue weighted by Crippen LogP contribution is 2.23. The number of carbonyl (C=O) groups is 2. The molecule has 3 rings (SSSR count). The van der Waals surface area contributed by atoms with E-state index >= 15 is 0 Å². The number of sulfonamides is 1. The van der Waals surface area contributed by atoms with Gasteiger partial charge in [0.15, 0.2) is 0 Å². The van der Waals surface area contributed by atoms with Crippen LogP contribution >= 0.6 is 0 Å². The zero-order chi connectivity index (χ0) is 26.3. The molecule has 2 N–H and O–H groups in total. The van der Waals surface area contributed by atoms with Crippen LogP contribution in [0.3, 0.4) is 0 Å². The molecule has 10 heteroatoms. The number of amides is 2. The topological polar surface area (TPSA) is 108 Å². The smallest absolute Gasteiger partial charge is 0.251 e. The van der Waals surface area contributed by atoms with Crippen molar-refractivity contribution >= 4 is 27.5 Å². The van der Waals surface area contributed by atoms with E-state index < -0.39 is 10.0 Å². The maximum Gasteiger partial charge on any atom is 0.251 e. The van der Waals surface area contributed by atoms with Crippen LogP contribution in [0.15, 0.2) is 47.4 Å². The van der Waals surface area contributed by atoms with Crippen molar-refractivity contribution in [2.24, 2.45) is 5.92 Å². The number of likely N-dealkylation sites (tertiary alicyclic amines) is 1. The molecule has 1 fully saturated rings. The van der Waals surface area contributed by atoms with E-state index in [2.05, 4.69) is 22.6 Å². The molecule has 0 unspecified atom stereocenters. The van der Waals surface area contributed by atoms with Gasteiger partial charge in [0.1, 0.15) is 5.75 Å². The van der Waals surface area contributed by atoms with E-state index in [9.17, 15) is 18.0 Å². The van der Waals surface area contributed by atoms with E-state index in [1.165, 1.54) is 24.5 Å². The second-order valence-electron chi connectivity index (χ2n) is 9.29. The predicted molar refractivity (Wildman–Crippen MR) is 140 cm³/mol. The number of ether oxygens (including phenoxy) is 1. The van der Waals surface area contributed by atoms with Gasteiger partial charge >= 0.3 is 0 Å². The lowest BCUT2D eigenvalue weighted by molar-refractivity contribution is -0.116. The Morgan fingerprint density at radius 2 is 1.78 bits per heavy atom. The Kier molecular flexibility index (Phi) is 9.47. The Bertz CT molecular complexity index is 1160. The first-order valence-electron chi connectivity index (χ1n) is 12.1. The number of aryl methyl sites for hydroxylation is 1. The van der Waals surface area contributed by atoms with E-state index in [1.807, 2.05) is 0 Å². The number of benzene rings is 2. The predicted octanol–water partition coefficient (Wildman–Crippen LogP) is 2.72. The average molecular weight is 517 g/mol. The van der Waals surface area contributed by atoms with Crippen LogP contribution in [0.5, 0.6) is 5.75 Å². The highest BCUT2D eigenvalue weighted by molar-refractivity contribution is 7.89. The van der Waals surface area contributed by atoms with E-state index in [1.54, 1.807) is 43.3 Å². The van der Waals surface area contributed by atoms with Crippen LogP contribution in [0.1, 0.15) is 35.2 Å². The monoisotopic (exact) mass is 516 g/mol. The third-order valence-electron chi connectivity index (χ3n) is 6.54.